The number of rotatable bonds is 9. The van der Waals surface area contributed by atoms with Gasteiger partial charge < -0.3 is 20.1 Å². The zero-order valence-corrected chi connectivity index (χ0v) is 19.0. The van der Waals surface area contributed by atoms with E-state index in [0.29, 0.717) is 29.3 Å². The van der Waals surface area contributed by atoms with Crippen LogP contribution < -0.4 is 20.1 Å². The predicted molar refractivity (Wildman–Crippen MR) is 130 cm³/mol. The minimum absolute atomic E-state index is 0.0378. The van der Waals surface area contributed by atoms with Crippen LogP contribution in [0, 0.1) is 18.3 Å². The Kier molecular flexibility index (Phi) is 8.42. The van der Waals surface area contributed by atoms with Gasteiger partial charge in [-0.3, -0.25) is 9.59 Å². The topological polar surface area (TPSA) is 100 Å². The number of hydrogen-bond donors (Lipinski definition) is 2. The summed E-state index contributed by atoms with van der Waals surface area (Å²) in [5.41, 5.74) is 3.21. The lowest BCUT2D eigenvalue weighted by atomic mass is 10.1. The van der Waals surface area contributed by atoms with E-state index >= 15 is 0 Å². The van der Waals surface area contributed by atoms with Crippen LogP contribution >= 0.6 is 0 Å². The zero-order chi connectivity index (χ0) is 24.3. The average molecular weight is 456 g/mol. The minimum atomic E-state index is -0.474. The lowest BCUT2D eigenvalue weighted by Crippen LogP contribution is -2.23. The van der Waals surface area contributed by atoms with Gasteiger partial charge in [-0.05, 0) is 54.0 Å². The van der Waals surface area contributed by atoms with Gasteiger partial charge in [-0.1, -0.05) is 48.5 Å². The number of carbonyl (C=O) groups excluding carboxylic acids is 2. The molecule has 7 nitrogen and oxygen atoms in total. The normalized spacial score (nSPS) is 10.7. The second-order valence-electron chi connectivity index (χ2n) is 7.45. The molecule has 0 fully saturated rings. The molecule has 0 atom stereocenters. The van der Waals surface area contributed by atoms with Crippen LogP contribution in [0.25, 0.3) is 6.08 Å². The molecule has 3 aromatic carbocycles. The molecule has 0 aliphatic heterocycles. The van der Waals surface area contributed by atoms with Crippen molar-refractivity contribution in [2.75, 3.05) is 19.0 Å². The highest BCUT2D eigenvalue weighted by atomic mass is 16.5. The number of carbonyl (C=O) groups is 2. The van der Waals surface area contributed by atoms with Gasteiger partial charge in [-0.15, -0.1) is 0 Å². The molecule has 0 saturated heterocycles. The Morgan fingerprint density at radius 2 is 1.79 bits per heavy atom. The second-order valence-corrected chi connectivity index (χ2v) is 7.45. The number of amides is 2. The van der Waals surface area contributed by atoms with E-state index in [9.17, 15) is 14.9 Å². The van der Waals surface area contributed by atoms with Gasteiger partial charge in [0.25, 0.3) is 11.8 Å². The highest BCUT2D eigenvalue weighted by Gasteiger charge is 2.12. The maximum Gasteiger partial charge on any atom is 0.262 e. The Bertz CT molecular complexity index is 1230. The molecule has 0 radical (unpaired) electrons. The van der Waals surface area contributed by atoms with Crippen LogP contribution in [0.15, 0.2) is 78.4 Å². The predicted octanol–water partition coefficient (Wildman–Crippen LogP) is 4.24. The van der Waals surface area contributed by atoms with Crippen LogP contribution in [0.2, 0.25) is 0 Å². The lowest BCUT2D eigenvalue weighted by Gasteiger charge is -2.12. The Morgan fingerprint density at radius 1 is 1.00 bits per heavy atom. The molecule has 0 spiro atoms. The van der Waals surface area contributed by atoms with Crippen LogP contribution in [0.5, 0.6) is 11.5 Å². The summed E-state index contributed by atoms with van der Waals surface area (Å²) in [7, 11) is 1.47. The van der Waals surface area contributed by atoms with E-state index < -0.39 is 5.91 Å². The average Bonchev–Trinajstić information content (AvgIpc) is 2.85. The molecule has 3 rings (SSSR count). The van der Waals surface area contributed by atoms with Crippen LogP contribution in [0.4, 0.5) is 5.69 Å². The van der Waals surface area contributed by atoms with Gasteiger partial charge >= 0.3 is 0 Å². The number of benzene rings is 3. The van der Waals surface area contributed by atoms with Crippen LogP contribution in [-0.4, -0.2) is 25.5 Å². The molecule has 172 valence electrons. The van der Waals surface area contributed by atoms with Crippen molar-refractivity contribution >= 4 is 23.6 Å². The highest BCUT2D eigenvalue weighted by Crippen LogP contribution is 2.29. The second kappa shape index (κ2) is 11.9. The summed E-state index contributed by atoms with van der Waals surface area (Å²) in [6.45, 7) is 2.06. The fourth-order valence-electron chi connectivity index (χ4n) is 3.15. The first kappa shape index (κ1) is 24.1. The maximum atomic E-state index is 12.4. The number of ether oxygens (including phenoxy) is 2. The van der Waals surface area contributed by atoms with Gasteiger partial charge in [0.1, 0.15) is 11.6 Å². The Morgan fingerprint density at radius 3 is 2.50 bits per heavy atom. The molecule has 7 heteroatoms. The Balaban J connectivity index is 1.63. The third-order valence-electron chi connectivity index (χ3n) is 4.82. The molecule has 0 heterocycles. The van der Waals surface area contributed by atoms with Crippen LogP contribution in [-0.2, 0) is 16.1 Å². The first-order chi connectivity index (χ1) is 16.5. The van der Waals surface area contributed by atoms with Gasteiger partial charge in [-0.25, -0.2) is 0 Å². The van der Waals surface area contributed by atoms with Gasteiger partial charge in [0.15, 0.2) is 18.1 Å². The smallest absolute Gasteiger partial charge is 0.262 e. The van der Waals surface area contributed by atoms with E-state index in [1.807, 2.05) is 61.5 Å². The first-order valence-electron chi connectivity index (χ1n) is 10.6. The summed E-state index contributed by atoms with van der Waals surface area (Å²) < 4.78 is 11.0. The lowest BCUT2D eigenvalue weighted by molar-refractivity contribution is -0.118. The van der Waals surface area contributed by atoms with Gasteiger partial charge in [0, 0.05) is 12.2 Å². The van der Waals surface area contributed by atoms with Crippen molar-refractivity contribution < 1.29 is 19.1 Å². The molecule has 3 aromatic rings. The van der Waals surface area contributed by atoms with Crippen molar-refractivity contribution in [1.29, 1.82) is 5.26 Å². The van der Waals surface area contributed by atoms with Crippen LogP contribution in [0.1, 0.15) is 16.7 Å². The van der Waals surface area contributed by atoms with Gasteiger partial charge in [-0.2, -0.15) is 5.26 Å². The van der Waals surface area contributed by atoms with Crippen molar-refractivity contribution in [3.8, 4) is 17.6 Å². The number of nitrogens with one attached hydrogen (secondary N) is 2. The highest BCUT2D eigenvalue weighted by molar-refractivity contribution is 6.01. The van der Waals surface area contributed by atoms with Crippen molar-refractivity contribution in [1.82, 2.24) is 5.32 Å². The zero-order valence-electron chi connectivity index (χ0n) is 19.0. The van der Waals surface area contributed by atoms with E-state index in [0.717, 1.165) is 11.1 Å². The molecule has 0 unspecified atom stereocenters. The summed E-state index contributed by atoms with van der Waals surface area (Å²) >= 11 is 0. The van der Waals surface area contributed by atoms with E-state index in [1.165, 1.54) is 13.2 Å². The van der Waals surface area contributed by atoms with Crippen molar-refractivity contribution in [2.24, 2.45) is 0 Å². The molecule has 0 aliphatic carbocycles. The number of nitrogens with zero attached hydrogens (tertiary/aromatic N) is 1. The monoisotopic (exact) mass is 455 g/mol. The van der Waals surface area contributed by atoms with E-state index in [4.69, 9.17) is 9.47 Å². The number of hydrogen-bond acceptors (Lipinski definition) is 5. The van der Waals surface area contributed by atoms with E-state index in [1.54, 1.807) is 24.3 Å². The number of anilines is 1. The largest absolute Gasteiger partial charge is 0.493 e. The van der Waals surface area contributed by atoms with Gasteiger partial charge in [0.2, 0.25) is 0 Å². The summed E-state index contributed by atoms with van der Waals surface area (Å²) in [6, 6.07) is 23.8. The third-order valence-corrected chi connectivity index (χ3v) is 4.82. The number of aryl methyl sites for hydroxylation is 1. The molecule has 2 amide bonds. The summed E-state index contributed by atoms with van der Waals surface area (Å²) in [6.07, 6.45) is 1.47. The first-order valence-corrected chi connectivity index (χ1v) is 10.6. The van der Waals surface area contributed by atoms with E-state index in [-0.39, 0.29) is 18.1 Å². The standard InChI is InChI=1S/C27H25N3O4/c1-19-7-6-10-23(13-19)30-26(31)18-34-24-12-11-21(15-25(24)33-2)14-22(16-28)27(32)29-17-20-8-4-3-5-9-20/h3-15H,17-18H2,1-2H3,(H,29,32)(H,30,31)/b22-14-. The molecule has 34 heavy (non-hydrogen) atoms. The molecule has 2 N–H and O–H groups in total. The molecular formula is C27H25N3O4. The van der Waals surface area contributed by atoms with Crippen molar-refractivity contribution in [2.45, 2.75) is 13.5 Å². The summed E-state index contributed by atoms with van der Waals surface area (Å²) in [5, 5.41) is 15.0. The summed E-state index contributed by atoms with van der Waals surface area (Å²) in [5.74, 6) is -0.0397. The molecular weight excluding hydrogens is 430 g/mol. The fraction of sp³-hybridized carbons (Fsp3) is 0.148. The van der Waals surface area contributed by atoms with E-state index in [2.05, 4.69) is 10.6 Å². The number of nitriles is 1. The fourth-order valence-corrected chi connectivity index (χ4v) is 3.15. The number of methoxy groups -OCH3 is 1. The van der Waals surface area contributed by atoms with Crippen molar-refractivity contribution in [3.05, 3.63) is 95.1 Å². The van der Waals surface area contributed by atoms with Crippen molar-refractivity contribution in [3.63, 3.8) is 0 Å². The Labute approximate surface area is 198 Å². The molecule has 0 aliphatic rings. The Hall–Kier alpha value is -4.57. The minimum Gasteiger partial charge on any atom is -0.493 e. The SMILES string of the molecule is COc1cc(/C=C(/C#N)C(=O)NCc2ccccc2)ccc1OCC(=O)Nc1cccc(C)c1. The van der Waals surface area contributed by atoms with Gasteiger partial charge in [0.05, 0.1) is 7.11 Å². The van der Waals surface area contributed by atoms with Crippen LogP contribution in [0.3, 0.4) is 0 Å². The molecule has 0 saturated carbocycles. The molecule has 0 bridgehead atoms. The molecule has 0 aromatic heterocycles. The summed E-state index contributed by atoms with van der Waals surface area (Å²) in [4.78, 5) is 24.6. The quantitative estimate of drug-likeness (QED) is 0.371. The third kappa shape index (κ3) is 6.97. The maximum absolute atomic E-state index is 12.4.